The standard InChI is InChI=1S/C14H16N2O3S/c15-20(18,19)12-5-3-11(4-6-12)16-14(17)13-8-9-1-2-10(13)7-9/h1-6,9-10,13H,7-8H2,(H,16,17)(H2,15,18,19). The fraction of sp³-hybridized carbons (Fsp3) is 0.357. The van der Waals surface area contributed by atoms with E-state index in [4.69, 9.17) is 5.14 Å². The molecule has 2 aliphatic carbocycles. The van der Waals surface area contributed by atoms with Crippen LogP contribution in [0.5, 0.6) is 0 Å². The Bertz CT molecular complexity index is 664. The molecule has 0 heterocycles. The molecule has 20 heavy (non-hydrogen) atoms. The summed E-state index contributed by atoms with van der Waals surface area (Å²) in [6.07, 6.45) is 6.29. The molecule has 6 heteroatoms. The van der Waals surface area contributed by atoms with Crippen molar-refractivity contribution in [2.24, 2.45) is 22.9 Å². The quantitative estimate of drug-likeness (QED) is 0.827. The molecule has 2 aliphatic rings. The van der Waals surface area contributed by atoms with Crippen molar-refractivity contribution in [2.45, 2.75) is 17.7 Å². The Morgan fingerprint density at radius 1 is 1.15 bits per heavy atom. The highest BCUT2D eigenvalue weighted by molar-refractivity contribution is 7.89. The second-order valence-electron chi connectivity index (χ2n) is 5.45. The minimum Gasteiger partial charge on any atom is -0.326 e. The number of amides is 1. The van der Waals surface area contributed by atoms with E-state index in [1.165, 1.54) is 12.1 Å². The molecule has 106 valence electrons. The molecule has 3 atom stereocenters. The fourth-order valence-corrected chi connectivity index (χ4v) is 3.56. The smallest absolute Gasteiger partial charge is 0.238 e. The number of sulfonamides is 1. The highest BCUT2D eigenvalue weighted by Gasteiger charge is 2.39. The van der Waals surface area contributed by atoms with Gasteiger partial charge in [-0.05, 0) is 48.9 Å². The van der Waals surface area contributed by atoms with Crippen LogP contribution in [0.25, 0.3) is 0 Å². The van der Waals surface area contributed by atoms with E-state index in [1.54, 1.807) is 12.1 Å². The summed E-state index contributed by atoms with van der Waals surface area (Å²) in [4.78, 5) is 12.2. The van der Waals surface area contributed by atoms with Crippen LogP contribution in [0.2, 0.25) is 0 Å². The molecule has 3 unspecified atom stereocenters. The van der Waals surface area contributed by atoms with E-state index in [1.807, 2.05) is 0 Å². The van der Waals surface area contributed by atoms with Gasteiger partial charge in [-0.3, -0.25) is 4.79 Å². The third-order valence-electron chi connectivity index (χ3n) is 4.07. The van der Waals surface area contributed by atoms with Gasteiger partial charge in [0.05, 0.1) is 4.90 Å². The van der Waals surface area contributed by atoms with Crippen LogP contribution in [-0.2, 0) is 14.8 Å². The van der Waals surface area contributed by atoms with Crippen LogP contribution in [0.1, 0.15) is 12.8 Å². The van der Waals surface area contributed by atoms with Crippen molar-refractivity contribution in [3.05, 3.63) is 36.4 Å². The van der Waals surface area contributed by atoms with Gasteiger partial charge in [0.25, 0.3) is 0 Å². The highest BCUT2D eigenvalue weighted by atomic mass is 32.2. The van der Waals surface area contributed by atoms with Crippen molar-refractivity contribution in [3.63, 3.8) is 0 Å². The maximum Gasteiger partial charge on any atom is 0.238 e. The summed E-state index contributed by atoms with van der Waals surface area (Å²) in [5, 5.41) is 7.86. The van der Waals surface area contributed by atoms with Crippen molar-refractivity contribution in [1.82, 2.24) is 0 Å². The lowest BCUT2D eigenvalue weighted by Gasteiger charge is -2.17. The molecular formula is C14H16N2O3S. The molecule has 1 aromatic carbocycles. The number of carbonyl (C=O) groups is 1. The molecule has 0 radical (unpaired) electrons. The van der Waals surface area contributed by atoms with E-state index < -0.39 is 10.0 Å². The predicted octanol–water partition coefficient (Wildman–Crippen LogP) is 1.48. The van der Waals surface area contributed by atoms with E-state index in [2.05, 4.69) is 17.5 Å². The maximum atomic E-state index is 12.2. The van der Waals surface area contributed by atoms with Crippen LogP contribution in [-0.4, -0.2) is 14.3 Å². The van der Waals surface area contributed by atoms with Crippen LogP contribution in [0.15, 0.2) is 41.3 Å². The number of hydrogen-bond acceptors (Lipinski definition) is 3. The lowest BCUT2D eigenvalue weighted by atomic mass is 9.93. The Kier molecular flexibility index (Phi) is 3.14. The van der Waals surface area contributed by atoms with E-state index in [0.717, 1.165) is 12.8 Å². The number of rotatable bonds is 3. The molecular weight excluding hydrogens is 276 g/mol. The van der Waals surface area contributed by atoms with Crippen molar-refractivity contribution in [3.8, 4) is 0 Å². The Labute approximate surface area is 117 Å². The van der Waals surface area contributed by atoms with Gasteiger partial charge >= 0.3 is 0 Å². The van der Waals surface area contributed by atoms with Gasteiger partial charge in [-0.15, -0.1) is 0 Å². The molecule has 0 spiro atoms. The molecule has 1 fully saturated rings. The largest absolute Gasteiger partial charge is 0.326 e. The number of nitrogens with two attached hydrogens (primary N) is 1. The van der Waals surface area contributed by atoms with Crippen molar-refractivity contribution in [1.29, 1.82) is 0 Å². The lowest BCUT2D eigenvalue weighted by molar-refractivity contribution is -0.120. The van der Waals surface area contributed by atoms with Gasteiger partial charge in [-0.25, -0.2) is 13.6 Å². The predicted molar refractivity (Wildman–Crippen MR) is 75.3 cm³/mol. The normalized spacial score (nSPS) is 27.8. The van der Waals surface area contributed by atoms with E-state index in [-0.39, 0.29) is 16.7 Å². The molecule has 0 saturated heterocycles. The average molecular weight is 292 g/mol. The summed E-state index contributed by atoms with van der Waals surface area (Å²) in [7, 11) is -3.69. The second kappa shape index (κ2) is 4.71. The summed E-state index contributed by atoms with van der Waals surface area (Å²) in [5.74, 6) is 0.928. The van der Waals surface area contributed by atoms with Gasteiger partial charge < -0.3 is 5.32 Å². The third-order valence-corrected chi connectivity index (χ3v) is 5.00. The van der Waals surface area contributed by atoms with E-state index >= 15 is 0 Å². The van der Waals surface area contributed by atoms with E-state index in [9.17, 15) is 13.2 Å². The molecule has 1 saturated carbocycles. The topological polar surface area (TPSA) is 89.3 Å². The Morgan fingerprint density at radius 3 is 2.35 bits per heavy atom. The van der Waals surface area contributed by atoms with Gasteiger partial charge in [-0.1, -0.05) is 12.2 Å². The Balaban J connectivity index is 1.69. The summed E-state index contributed by atoms with van der Waals surface area (Å²) >= 11 is 0. The molecule has 0 aliphatic heterocycles. The Hall–Kier alpha value is -1.66. The molecule has 2 bridgehead atoms. The molecule has 0 aromatic heterocycles. The molecule has 3 rings (SSSR count). The second-order valence-corrected chi connectivity index (χ2v) is 7.01. The first-order chi connectivity index (χ1) is 9.43. The molecule has 5 nitrogen and oxygen atoms in total. The van der Waals surface area contributed by atoms with Crippen LogP contribution >= 0.6 is 0 Å². The summed E-state index contributed by atoms with van der Waals surface area (Å²) in [6.45, 7) is 0. The highest BCUT2D eigenvalue weighted by Crippen LogP contribution is 2.43. The first-order valence-corrected chi connectivity index (χ1v) is 8.10. The SMILES string of the molecule is NS(=O)(=O)c1ccc(NC(=O)C2CC3C=CC2C3)cc1. The van der Waals surface area contributed by atoms with Crippen LogP contribution in [0.3, 0.4) is 0 Å². The van der Waals surface area contributed by atoms with Gasteiger partial charge in [0.1, 0.15) is 0 Å². The summed E-state index contributed by atoms with van der Waals surface area (Å²) in [6, 6.07) is 5.90. The number of nitrogens with one attached hydrogen (secondary N) is 1. The zero-order valence-corrected chi connectivity index (χ0v) is 11.6. The van der Waals surface area contributed by atoms with Crippen molar-refractivity contribution >= 4 is 21.6 Å². The monoisotopic (exact) mass is 292 g/mol. The van der Waals surface area contributed by atoms with Crippen LogP contribution in [0, 0.1) is 17.8 Å². The zero-order valence-electron chi connectivity index (χ0n) is 10.8. The third kappa shape index (κ3) is 2.48. The number of anilines is 1. The summed E-state index contributed by atoms with van der Waals surface area (Å²) < 4.78 is 22.3. The minimum absolute atomic E-state index is 0.00482. The van der Waals surface area contributed by atoms with Crippen LogP contribution < -0.4 is 10.5 Å². The van der Waals surface area contributed by atoms with Gasteiger partial charge in [0.15, 0.2) is 0 Å². The number of primary sulfonamides is 1. The lowest BCUT2D eigenvalue weighted by Crippen LogP contribution is -2.25. The average Bonchev–Trinajstić information content (AvgIpc) is 3.00. The fourth-order valence-electron chi connectivity index (χ4n) is 3.05. The van der Waals surface area contributed by atoms with Crippen molar-refractivity contribution < 1.29 is 13.2 Å². The number of carbonyl (C=O) groups excluding carboxylic acids is 1. The summed E-state index contributed by atoms with van der Waals surface area (Å²) in [5.41, 5.74) is 0.592. The number of fused-ring (bicyclic) bond motifs is 2. The zero-order chi connectivity index (χ0) is 14.3. The van der Waals surface area contributed by atoms with Crippen molar-refractivity contribution in [2.75, 3.05) is 5.32 Å². The van der Waals surface area contributed by atoms with E-state index in [0.29, 0.717) is 17.5 Å². The minimum atomic E-state index is -3.69. The van der Waals surface area contributed by atoms with Crippen LogP contribution in [0.4, 0.5) is 5.69 Å². The molecule has 1 aromatic rings. The number of hydrogen-bond donors (Lipinski definition) is 2. The molecule has 3 N–H and O–H groups in total. The number of allylic oxidation sites excluding steroid dienone is 2. The van der Waals surface area contributed by atoms with Gasteiger partial charge in [0.2, 0.25) is 15.9 Å². The molecule has 1 amide bonds. The first-order valence-electron chi connectivity index (χ1n) is 6.55. The van der Waals surface area contributed by atoms with Gasteiger partial charge in [0, 0.05) is 11.6 Å². The van der Waals surface area contributed by atoms with Gasteiger partial charge in [-0.2, -0.15) is 0 Å². The maximum absolute atomic E-state index is 12.2. The Morgan fingerprint density at radius 2 is 1.85 bits per heavy atom. The first kappa shape index (κ1) is 13.3. The number of benzene rings is 1.